The number of nitrogens with zero attached hydrogens (tertiary/aromatic N) is 3. The molecule has 0 saturated heterocycles. The smallest absolute Gasteiger partial charge is 0.244 e. The van der Waals surface area contributed by atoms with E-state index in [-0.39, 0.29) is 17.3 Å². The molecule has 2 aromatic rings. The van der Waals surface area contributed by atoms with E-state index < -0.39 is 10.0 Å². The van der Waals surface area contributed by atoms with Crippen LogP contribution in [0.2, 0.25) is 0 Å². The Morgan fingerprint density at radius 1 is 1.40 bits per heavy atom. The van der Waals surface area contributed by atoms with Gasteiger partial charge in [-0.15, -0.1) is 0 Å². The summed E-state index contributed by atoms with van der Waals surface area (Å²) in [6.45, 7) is 4.65. The van der Waals surface area contributed by atoms with E-state index >= 15 is 0 Å². The molecular formula is C10H16N6O3S. The summed E-state index contributed by atoms with van der Waals surface area (Å²) in [6, 6.07) is 0. The summed E-state index contributed by atoms with van der Waals surface area (Å²) in [7, 11) is -3.69. The molecule has 0 fully saturated rings. The first-order chi connectivity index (χ1) is 9.54. The zero-order valence-corrected chi connectivity index (χ0v) is 12.0. The Labute approximate surface area is 116 Å². The minimum atomic E-state index is -3.69. The van der Waals surface area contributed by atoms with Crippen molar-refractivity contribution in [2.24, 2.45) is 0 Å². The third-order valence-electron chi connectivity index (χ3n) is 2.60. The molecule has 0 amide bonds. The summed E-state index contributed by atoms with van der Waals surface area (Å²) in [4.78, 5) is 3.91. The van der Waals surface area contributed by atoms with Gasteiger partial charge < -0.3 is 9.84 Å². The molecule has 0 aliphatic carbocycles. The van der Waals surface area contributed by atoms with E-state index in [9.17, 15) is 8.42 Å². The summed E-state index contributed by atoms with van der Waals surface area (Å²) < 4.78 is 31.6. The number of hydrogen-bond acceptors (Lipinski definition) is 7. The molecular weight excluding hydrogens is 284 g/mol. The minimum absolute atomic E-state index is 0.0376. The van der Waals surface area contributed by atoms with Gasteiger partial charge in [0.15, 0.2) is 5.82 Å². The number of aryl methyl sites for hydroxylation is 1. The molecule has 0 atom stereocenters. The predicted molar refractivity (Wildman–Crippen MR) is 69.0 cm³/mol. The van der Waals surface area contributed by atoms with Gasteiger partial charge in [-0.2, -0.15) is 10.1 Å². The SMILES string of the molecule is CCNCc1n[nH]c(C)c1S(=O)(=O)NCc1ncon1. The molecule has 0 bridgehead atoms. The second kappa shape index (κ2) is 6.11. The molecule has 110 valence electrons. The zero-order chi connectivity index (χ0) is 14.6. The first-order valence-electron chi connectivity index (χ1n) is 6.04. The highest BCUT2D eigenvalue weighted by Gasteiger charge is 2.24. The van der Waals surface area contributed by atoms with Gasteiger partial charge in [-0.3, -0.25) is 5.10 Å². The maximum Gasteiger partial charge on any atom is 0.244 e. The van der Waals surface area contributed by atoms with Crippen LogP contribution in [0.3, 0.4) is 0 Å². The van der Waals surface area contributed by atoms with E-state index in [0.29, 0.717) is 17.9 Å². The van der Waals surface area contributed by atoms with Gasteiger partial charge in [0.25, 0.3) is 0 Å². The number of hydrogen-bond donors (Lipinski definition) is 3. The van der Waals surface area contributed by atoms with Gasteiger partial charge in [-0.25, -0.2) is 13.1 Å². The van der Waals surface area contributed by atoms with Gasteiger partial charge in [-0.05, 0) is 13.5 Å². The van der Waals surface area contributed by atoms with Crippen LogP contribution in [0, 0.1) is 6.92 Å². The molecule has 0 radical (unpaired) electrons. The summed E-state index contributed by atoms with van der Waals surface area (Å²) >= 11 is 0. The van der Waals surface area contributed by atoms with Gasteiger partial charge in [0.05, 0.1) is 17.9 Å². The summed E-state index contributed by atoms with van der Waals surface area (Å²) in [5.41, 5.74) is 0.934. The lowest BCUT2D eigenvalue weighted by molar-refractivity contribution is 0.409. The number of H-pyrrole nitrogens is 1. The first kappa shape index (κ1) is 14.6. The second-order valence-electron chi connectivity index (χ2n) is 4.08. The zero-order valence-electron chi connectivity index (χ0n) is 11.2. The van der Waals surface area contributed by atoms with Crippen molar-refractivity contribution in [3.05, 3.63) is 23.6 Å². The highest BCUT2D eigenvalue weighted by Crippen LogP contribution is 2.17. The Kier molecular flexibility index (Phi) is 4.47. The summed E-state index contributed by atoms with van der Waals surface area (Å²) in [5, 5.41) is 13.3. The van der Waals surface area contributed by atoms with E-state index in [0.717, 1.165) is 12.9 Å². The maximum atomic E-state index is 12.3. The number of rotatable bonds is 7. The monoisotopic (exact) mass is 300 g/mol. The van der Waals surface area contributed by atoms with Gasteiger partial charge in [0, 0.05) is 6.54 Å². The van der Waals surface area contributed by atoms with Gasteiger partial charge in [0.2, 0.25) is 16.4 Å². The molecule has 10 heteroatoms. The molecule has 20 heavy (non-hydrogen) atoms. The molecule has 3 N–H and O–H groups in total. The average molecular weight is 300 g/mol. The highest BCUT2D eigenvalue weighted by molar-refractivity contribution is 7.89. The molecule has 2 rings (SSSR count). The standard InChI is InChI=1S/C10H16N6O3S/c1-3-11-4-8-10(7(2)14-15-8)20(17,18)13-5-9-12-6-19-16-9/h6,11,13H,3-5H2,1-2H3,(H,14,15). The Balaban J connectivity index is 2.18. The van der Waals surface area contributed by atoms with E-state index in [2.05, 4.69) is 34.9 Å². The third-order valence-corrected chi connectivity index (χ3v) is 4.20. The number of sulfonamides is 1. The number of aromatic amines is 1. The summed E-state index contributed by atoms with van der Waals surface area (Å²) in [5.74, 6) is 0.267. The lowest BCUT2D eigenvalue weighted by Gasteiger charge is -2.06. The molecule has 0 aliphatic rings. The summed E-state index contributed by atoms with van der Waals surface area (Å²) in [6.07, 6.45) is 1.14. The van der Waals surface area contributed by atoms with Crippen LogP contribution in [0.1, 0.15) is 24.1 Å². The lowest BCUT2D eigenvalue weighted by Crippen LogP contribution is -2.26. The molecule has 9 nitrogen and oxygen atoms in total. The van der Waals surface area contributed by atoms with Crippen LogP contribution in [0.4, 0.5) is 0 Å². The van der Waals surface area contributed by atoms with E-state index in [1.165, 1.54) is 0 Å². The Morgan fingerprint density at radius 3 is 2.85 bits per heavy atom. The topological polar surface area (TPSA) is 126 Å². The number of aromatic nitrogens is 4. The molecule has 2 heterocycles. The van der Waals surface area contributed by atoms with Crippen molar-refractivity contribution < 1.29 is 12.9 Å². The Hall–Kier alpha value is -1.78. The van der Waals surface area contributed by atoms with Crippen molar-refractivity contribution in [3.63, 3.8) is 0 Å². The Bertz CT molecular complexity index is 649. The highest BCUT2D eigenvalue weighted by atomic mass is 32.2. The molecule has 2 aromatic heterocycles. The van der Waals surface area contributed by atoms with E-state index in [4.69, 9.17) is 0 Å². The van der Waals surface area contributed by atoms with Crippen molar-refractivity contribution >= 4 is 10.0 Å². The van der Waals surface area contributed by atoms with E-state index in [1.54, 1.807) is 6.92 Å². The predicted octanol–water partition coefficient (Wildman–Crippen LogP) is -0.311. The molecule has 0 spiro atoms. The van der Waals surface area contributed by atoms with Crippen LogP contribution in [0.15, 0.2) is 15.8 Å². The average Bonchev–Trinajstić information content (AvgIpc) is 3.03. The van der Waals surface area contributed by atoms with Crippen molar-refractivity contribution in [1.29, 1.82) is 0 Å². The lowest BCUT2D eigenvalue weighted by atomic mass is 10.3. The molecule has 0 aromatic carbocycles. The van der Waals surface area contributed by atoms with Crippen LogP contribution < -0.4 is 10.0 Å². The van der Waals surface area contributed by atoms with Crippen LogP contribution in [0.5, 0.6) is 0 Å². The fraction of sp³-hybridized carbons (Fsp3) is 0.500. The molecule has 0 unspecified atom stereocenters. The largest absolute Gasteiger partial charge is 0.343 e. The van der Waals surface area contributed by atoms with Gasteiger partial charge in [-0.1, -0.05) is 12.1 Å². The maximum absolute atomic E-state index is 12.3. The fourth-order valence-corrected chi connectivity index (χ4v) is 3.03. The van der Waals surface area contributed by atoms with Crippen LogP contribution in [-0.4, -0.2) is 35.3 Å². The third kappa shape index (κ3) is 3.21. The second-order valence-corrected chi connectivity index (χ2v) is 5.78. The van der Waals surface area contributed by atoms with Gasteiger partial charge in [0.1, 0.15) is 4.90 Å². The Morgan fingerprint density at radius 2 is 2.20 bits per heavy atom. The van der Waals surface area contributed by atoms with Gasteiger partial charge >= 0.3 is 0 Å². The minimum Gasteiger partial charge on any atom is -0.343 e. The van der Waals surface area contributed by atoms with Crippen molar-refractivity contribution in [3.8, 4) is 0 Å². The molecule has 0 aliphatic heterocycles. The van der Waals surface area contributed by atoms with Crippen LogP contribution >= 0.6 is 0 Å². The van der Waals surface area contributed by atoms with Crippen LogP contribution in [-0.2, 0) is 23.1 Å². The molecule has 0 saturated carbocycles. The van der Waals surface area contributed by atoms with Crippen molar-refractivity contribution in [2.45, 2.75) is 31.8 Å². The van der Waals surface area contributed by atoms with E-state index in [1.807, 2.05) is 6.92 Å². The number of nitrogens with one attached hydrogen (secondary N) is 3. The van der Waals surface area contributed by atoms with Crippen molar-refractivity contribution in [1.82, 2.24) is 30.4 Å². The quantitative estimate of drug-likeness (QED) is 0.640. The van der Waals surface area contributed by atoms with Crippen molar-refractivity contribution in [2.75, 3.05) is 6.54 Å². The fourth-order valence-electron chi connectivity index (χ4n) is 1.69. The first-order valence-corrected chi connectivity index (χ1v) is 7.52. The normalized spacial score (nSPS) is 11.9. The van der Waals surface area contributed by atoms with Crippen LogP contribution in [0.25, 0.3) is 0 Å².